The van der Waals surface area contributed by atoms with Gasteiger partial charge in [0.15, 0.2) is 0 Å². The minimum Gasteiger partial charge on any atom is -0.253 e. The Hall–Kier alpha value is -2.43. The van der Waals surface area contributed by atoms with E-state index in [0.717, 1.165) is 39.7 Å². The molecule has 1 heterocycles. The van der Waals surface area contributed by atoms with Crippen molar-refractivity contribution in [3.05, 3.63) is 59.4 Å². The molecule has 0 aliphatic carbocycles. The quantitative estimate of drug-likeness (QED) is 0.653. The van der Waals surface area contributed by atoms with Gasteiger partial charge in [0.1, 0.15) is 0 Å². The molecule has 5 heteroatoms. The summed E-state index contributed by atoms with van der Waals surface area (Å²) in [6.45, 7) is 4.09. The summed E-state index contributed by atoms with van der Waals surface area (Å²) in [5, 5.41) is 0. The van der Waals surface area contributed by atoms with Crippen molar-refractivity contribution in [1.82, 2.24) is 9.97 Å². The molecule has 0 spiro atoms. The third kappa shape index (κ3) is 3.25. The van der Waals surface area contributed by atoms with Crippen LogP contribution in [0.5, 0.6) is 0 Å². The summed E-state index contributed by atoms with van der Waals surface area (Å²) in [4.78, 5) is 8.90. The maximum atomic E-state index is 12.5. The van der Waals surface area contributed by atoms with Crippen LogP contribution in [0.4, 0.5) is 13.2 Å². The molecule has 124 valence electrons. The van der Waals surface area contributed by atoms with E-state index < -0.39 is 12.6 Å². The van der Waals surface area contributed by atoms with Gasteiger partial charge in [-0.05, 0) is 41.7 Å². The third-order valence-electron chi connectivity index (χ3n) is 4.10. The summed E-state index contributed by atoms with van der Waals surface area (Å²) in [6.07, 6.45) is -0.956. The van der Waals surface area contributed by atoms with E-state index in [1.165, 1.54) is 12.1 Å². The zero-order valence-corrected chi connectivity index (χ0v) is 13.5. The molecule has 0 saturated heterocycles. The molecule has 3 aromatic rings. The van der Waals surface area contributed by atoms with Gasteiger partial charge in [-0.15, -0.1) is 0 Å². The number of fused-ring (bicyclic) bond motifs is 1. The van der Waals surface area contributed by atoms with Crippen LogP contribution in [0.2, 0.25) is 0 Å². The van der Waals surface area contributed by atoms with Crippen LogP contribution in [0.3, 0.4) is 0 Å². The second kappa shape index (κ2) is 6.23. The normalized spacial score (nSPS) is 11.9. The highest BCUT2D eigenvalue weighted by Gasteiger charge is 2.27. The molecule has 0 atom stereocenters. The second-order valence-corrected chi connectivity index (χ2v) is 5.82. The first-order valence-electron chi connectivity index (χ1n) is 7.78. The van der Waals surface area contributed by atoms with Crippen molar-refractivity contribution in [3.63, 3.8) is 0 Å². The molecule has 0 saturated carbocycles. The van der Waals surface area contributed by atoms with Gasteiger partial charge in [-0.3, -0.25) is 9.97 Å². The highest BCUT2D eigenvalue weighted by atomic mass is 19.4. The van der Waals surface area contributed by atoms with Crippen molar-refractivity contribution in [1.29, 1.82) is 0 Å². The number of aryl methyl sites for hydroxylation is 2. The first-order valence-corrected chi connectivity index (χ1v) is 7.78. The van der Waals surface area contributed by atoms with Crippen LogP contribution in [-0.4, -0.2) is 16.1 Å². The molecular weight excluding hydrogens is 313 g/mol. The standard InChI is InChI=1S/C19H17F3N2/c1-3-15-12(2)10-16(18-17(15)23-8-9-24-18)14-6-4-13(5-7-14)11-19(20,21)22/h4-10H,3,11H2,1-2H3. The minimum absolute atomic E-state index is 0.253. The van der Waals surface area contributed by atoms with Crippen LogP contribution in [0.25, 0.3) is 22.2 Å². The van der Waals surface area contributed by atoms with Crippen molar-refractivity contribution in [3.8, 4) is 11.1 Å². The summed E-state index contributed by atoms with van der Waals surface area (Å²) in [6, 6.07) is 8.52. The Balaban J connectivity index is 2.10. The Morgan fingerprint density at radius 3 is 2.17 bits per heavy atom. The van der Waals surface area contributed by atoms with Gasteiger partial charge in [-0.25, -0.2) is 0 Å². The molecule has 0 fully saturated rings. The van der Waals surface area contributed by atoms with E-state index in [0.29, 0.717) is 0 Å². The molecule has 0 aliphatic rings. The van der Waals surface area contributed by atoms with Gasteiger partial charge in [0.2, 0.25) is 0 Å². The average Bonchev–Trinajstić information content (AvgIpc) is 2.53. The molecular formula is C19H17F3N2. The molecule has 0 unspecified atom stereocenters. The van der Waals surface area contributed by atoms with Gasteiger partial charge < -0.3 is 0 Å². The van der Waals surface area contributed by atoms with Gasteiger partial charge in [0.05, 0.1) is 17.5 Å². The van der Waals surface area contributed by atoms with Crippen LogP contribution in [0.1, 0.15) is 23.6 Å². The molecule has 0 radical (unpaired) electrons. The van der Waals surface area contributed by atoms with Crippen molar-refractivity contribution in [2.24, 2.45) is 0 Å². The Morgan fingerprint density at radius 1 is 0.958 bits per heavy atom. The lowest BCUT2D eigenvalue weighted by Crippen LogP contribution is -2.11. The van der Waals surface area contributed by atoms with E-state index in [-0.39, 0.29) is 5.56 Å². The predicted octanol–water partition coefficient (Wildman–Crippen LogP) is 5.27. The van der Waals surface area contributed by atoms with Crippen LogP contribution in [0.15, 0.2) is 42.7 Å². The summed E-state index contributed by atoms with van der Waals surface area (Å²) in [5.41, 5.74) is 5.89. The Morgan fingerprint density at radius 2 is 1.58 bits per heavy atom. The Labute approximate surface area is 138 Å². The lowest BCUT2D eigenvalue weighted by molar-refractivity contribution is -0.127. The summed E-state index contributed by atoms with van der Waals surface area (Å²) >= 11 is 0. The molecule has 1 aromatic heterocycles. The van der Waals surface area contributed by atoms with Crippen molar-refractivity contribution >= 4 is 11.0 Å². The molecule has 24 heavy (non-hydrogen) atoms. The smallest absolute Gasteiger partial charge is 0.253 e. The maximum Gasteiger partial charge on any atom is 0.393 e. The lowest BCUT2D eigenvalue weighted by Gasteiger charge is -2.13. The molecule has 0 aliphatic heterocycles. The minimum atomic E-state index is -4.20. The van der Waals surface area contributed by atoms with Crippen molar-refractivity contribution in [2.45, 2.75) is 32.9 Å². The van der Waals surface area contributed by atoms with E-state index in [1.807, 2.05) is 13.0 Å². The number of alkyl halides is 3. The predicted molar refractivity (Wildman–Crippen MR) is 88.8 cm³/mol. The Bertz CT molecular complexity index is 868. The first kappa shape index (κ1) is 16.4. The molecule has 3 rings (SSSR count). The number of halogens is 3. The highest BCUT2D eigenvalue weighted by Crippen LogP contribution is 2.32. The number of aromatic nitrogens is 2. The van der Waals surface area contributed by atoms with Crippen molar-refractivity contribution in [2.75, 3.05) is 0 Å². The monoisotopic (exact) mass is 330 g/mol. The number of hydrogen-bond donors (Lipinski definition) is 0. The fraction of sp³-hybridized carbons (Fsp3) is 0.263. The van der Waals surface area contributed by atoms with Gasteiger partial charge in [-0.1, -0.05) is 31.2 Å². The first-order chi connectivity index (χ1) is 11.4. The van der Waals surface area contributed by atoms with Crippen molar-refractivity contribution < 1.29 is 13.2 Å². The fourth-order valence-electron chi connectivity index (χ4n) is 3.01. The number of benzene rings is 2. The van der Waals surface area contributed by atoms with E-state index in [2.05, 4.69) is 16.9 Å². The SMILES string of the molecule is CCc1c(C)cc(-c2ccc(CC(F)(F)F)cc2)c2nccnc12. The van der Waals surface area contributed by atoms with Gasteiger partial charge in [-0.2, -0.15) is 13.2 Å². The molecule has 2 nitrogen and oxygen atoms in total. The zero-order valence-electron chi connectivity index (χ0n) is 13.5. The third-order valence-corrected chi connectivity index (χ3v) is 4.10. The van der Waals surface area contributed by atoms with E-state index in [1.54, 1.807) is 24.5 Å². The fourth-order valence-corrected chi connectivity index (χ4v) is 3.01. The summed E-state index contributed by atoms with van der Waals surface area (Å²) in [5.74, 6) is 0. The van der Waals surface area contributed by atoms with Gasteiger partial charge in [0, 0.05) is 18.0 Å². The number of rotatable bonds is 3. The number of nitrogens with zero attached hydrogens (tertiary/aromatic N) is 2. The van der Waals surface area contributed by atoms with Crippen LogP contribution in [0, 0.1) is 6.92 Å². The van der Waals surface area contributed by atoms with E-state index >= 15 is 0 Å². The topological polar surface area (TPSA) is 25.8 Å². The molecule has 0 N–H and O–H groups in total. The van der Waals surface area contributed by atoms with Gasteiger partial charge in [0.25, 0.3) is 0 Å². The van der Waals surface area contributed by atoms with Gasteiger partial charge >= 0.3 is 6.18 Å². The number of hydrogen-bond acceptors (Lipinski definition) is 2. The van der Waals surface area contributed by atoms with E-state index in [4.69, 9.17) is 0 Å². The molecule has 0 bridgehead atoms. The highest BCUT2D eigenvalue weighted by molar-refractivity contribution is 5.94. The summed E-state index contributed by atoms with van der Waals surface area (Å²) in [7, 11) is 0. The average molecular weight is 330 g/mol. The lowest BCUT2D eigenvalue weighted by atomic mass is 9.95. The maximum absolute atomic E-state index is 12.5. The zero-order chi connectivity index (χ0) is 17.3. The van der Waals surface area contributed by atoms with Crippen LogP contribution < -0.4 is 0 Å². The molecule has 0 amide bonds. The van der Waals surface area contributed by atoms with Crippen LogP contribution in [-0.2, 0) is 12.8 Å². The van der Waals surface area contributed by atoms with E-state index in [9.17, 15) is 13.2 Å². The molecule has 2 aromatic carbocycles. The Kier molecular flexibility index (Phi) is 4.26. The second-order valence-electron chi connectivity index (χ2n) is 5.82. The van der Waals surface area contributed by atoms with Crippen LogP contribution >= 0.6 is 0 Å². The largest absolute Gasteiger partial charge is 0.393 e. The summed E-state index contributed by atoms with van der Waals surface area (Å²) < 4.78 is 37.5.